The van der Waals surface area contributed by atoms with Gasteiger partial charge in [-0.05, 0) is 65.4 Å². The summed E-state index contributed by atoms with van der Waals surface area (Å²) in [6.07, 6.45) is 0. The smallest absolute Gasteiger partial charge is 0.254 e. The molecule has 2 aromatic rings. The summed E-state index contributed by atoms with van der Waals surface area (Å²) < 4.78 is 1.04. The van der Waals surface area contributed by atoms with Crippen molar-refractivity contribution in [1.82, 2.24) is 9.80 Å². The van der Waals surface area contributed by atoms with E-state index in [2.05, 4.69) is 22.6 Å². The highest BCUT2D eigenvalue weighted by Crippen LogP contribution is 2.14. The van der Waals surface area contributed by atoms with Crippen LogP contribution in [0.5, 0.6) is 0 Å². The van der Waals surface area contributed by atoms with Gasteiger partial charge in [-0.3, -0.25) is 9.59 Å². The zero-order chi connectivity index (χ0) is 17.7. The van der Waals surface area contributed by atoms with Gasteiger partial charge in [0.15, 0.2) is 0 Å². The number of hydrogen-bond acceptors (Lipinski definition) is 2. The van der Waals surface area contributed by atoms with Gasteiger partial charge in [-0.15, -0.1) is 0 Å². The van der Waals surface area contributed by atoms with Crippen LogP contribution in [0.3, 0.4) is 0 Å². The van der Waals surface area contributed by atoms with Gasteiger partial charge in [0, 0.05) is 41.9 Å². The van der Waals surface area contributed by atoms with Gasteiger partial charge in [-0.2, -0.15) is 0 Å². The van der Waals surface area contributed by atoms with Crippen molar-refractivity contribution in [3.05, 3.63) is 68.8 Å². The maximum absolute atomic E-state index is 12.7. The molecule has 4 nitrogen and oxygen atoms in total. The molecule has 2 rings (SSSR count). The summed E-state index contributed by atoms with van der Waals surface area (Å²) in [4.78, 5) is 27.9. The van der Waals surface area contributed by atoms with Crippen LogP contribution in [-0.2, 0) is 6.54 Å². The van der Waals surface area contributed by atoms with Crippen molar-refractivity contribution in [2.24, 2.45) is 0 Å². The molecule has 0 aliphatic rings. The Morgan fingerprint density at radius 2 is 1.62 bits per heavy atom. The van der Waals surface area contributed by atoms with Crippen LogP contribution in [0.15, 0.2) is 48.5 Å². The first-order chi connectivity index (χ1) is 11.4. The number of amides is 2. The fourth-order valence-electron chi connectivity index (χ4n) is 2.36. The highest BCUT2D eigenvalue weighted by Gasteiger charge is 2.15. The first-order valence-corrected chi connectivity index (χ1v) is 8.85. The molecule has 0 saturated heterocycles. The molecule has 24 heavy (non-hydrogen) atoms. The Bertz CT molecular complexity index is 726. The fourth-order valence-corrected chi connectivity index (χ4v) is 2.91. The largest absolute Gasteiger partial charge is 0.345 e. The number of carbonyl (C=O) groups excluding carboxylic acids is 2. The lowest BCUT2D eigenvalue weighted by molar-refractivity contribution is 0.0751. The lowest BCUT2D eigenvalue weighted by Gasteiger charge is -2.21. The average molecular weight is 436 g/mol. The minimum Gasteiger partial charge on any atom is -0.345 e. The molecule has 0 spiro atoms. The van der Waals surface area contributed by atoms with E-state index in [1.54, 1.807) is 36.0 Å². The third-order valence-corrected chi connectivity index (χ3v) is 4.39. The maximum atomic E-state index is 12.7. The van der Waals surface area contributed by atoms with Crippen molar-refractivity contribution in [2.75, 3.05) is 20.6 Å². The number of nitrogens with zero attached hydrogens (tertiary/aromatic N) is 2. The monoisotopic (exact) mass is 436 g/mol. The second-order valence-electron chi connectivity index (χ2n) is 5.73. The van der Waals surface area contributed by atoms with Crippen molar-refractivity contribution in [3.8, 4) is 0 Å². The van der Waals surface area contributed by atoms with Crippen molar-refractivity contribution >= 4 is 34.4 Å². The molecule has 0 aliphatic heterocycles. The Balaban J connectivity index is 2.12. The van der Waals surface area contributed by atoms with Gasteiger partial charge in [0.05, 0.1) is 0 Å². The van der Waals surface area contributed by atoms with E-state index in [1.807, 2.05) is 43.3 Å². The van der Waals surface area contributed by atoms with Crippen molar-refractivity contribution in [3.63, 3.8) is 0 Å². The number of benzene rings is 2. The van der Waals surface area contributed by atoms with Crippen molar-refractivity contribution in [2.45, 2.75) is 13.5 Å². The molecule has 0 heterocycles. The molecule has 2 amide bonds. The third kappa shape index (κ3) is 4.56. The SMILES string of the molecule is CCN(Cc1ccc(C(=O)N(C)C)cc1)C(=O)c1cccc(I)c1. The second kappa shape index (κ2) is 8.28. The van der Waals surface area contributed by atoms with Crippen LogP contribution in [0.2, 0.25) is 0 Å². The molecule has 0 radical (unpaired) electrons. The van der Waals surface area contributed by atoms with Gasteiger partial charge in [0.25, 0.3) is 11.8 Å². The number of carbonyl (C=O) groups is 2. The molecule has 126 valence electrons. The van der Waals surface area contributed by atoms with Crippen molar-refractivity contribution in [1.29, 1.82) is 0 Å². The Labute approximate surface area is 156 Å². The molecule has 2 aromatic carbocycles. The minimum absolute atomic E-state index is 0.0180. The van der Waals surface area contributed by atoms with Gasteiger partial charge in [0.1, 0.15) is 0 Å². The summed E-state index contributed by atoms with van der Waals surface area (Å²) >= 11 is 2.21. The molecule has 0 aromatic heterocycles. The van der Waals surface area contributed by atoms with Crippen LogP contribution in [-0.4, -0.2) is 42.3 Å². The summed E-state index contributed by atoms with van der Waals surface area (Å²) in [5.41, 5.74) is 2.35. The number of rotatable bonds is 5. The lowest BCUT2D eigenvalue weighted by Crippen LogP contribution is -2.30. The minimum atomic E-state index is -0.0242. The van der Waals surface area contributed by atoms with Gasteiger partial charge in [-0.1, -0.05) is 18.2 Å². The molecular formula is C19H21IN2O2. The summed E-state index contributed by atoms with van der Waals surface area (Å²) in [5.74, 6) is -0.00621. The number of hydrogen-bond donors (Lipinski definition) is 0. The van der Waals surface area contributed by atoms with Gasteiger partial charge in [0.2, 0.25) is 0 Å². The summed E-state index contributed by atoms with van der Waals surface area (Å²) in [7, 11) is 3.46. The van der Waals surface area contributed by atoms with Crippen LogP contribution in [0, 0.1) is 3.57 Å². The van der Waals surface area contributed by atoms with E-state index < -0.39 is 0 Å². The van der Waals surface area contributed by atoms with Crippen LogP contribution in [0.25, 0.3) is 0 Å². The molecule has 0 aliphatic carbocycles. The van der Waals surface area contributed by atoms with Crippen LogP contribution in [0.4, 0.5) is 0 Å². The van der Waals surface area contributed by atoms with E-state index in [4.69, 9.17) is 0 Å². The second-order valence-corrected chi connectivity index (χ2v) is 6.97. The topological polar surface area (TPSA) is 40.6 Å². The van der Waals surface area contributed by atoms with Gasteiger partial charge < -0.3 is 9.80 Å². The third-order valence-electron chi connectivity index (χ3n) is 3.72. The van der Waals surface area contributed by atoms with Crippen LogP contribution < -0.4 is 0 Å². The molecule has 0 unspecified atom stereocenters. The van der Waals surface area contributed by atoms with E-state index in [-0.39, 0.29) is 11.8 Å². The zero-order valence-electron chi connectivity index (χ0n) is 14.1. The van der Waals surface area contributed by atoms with Crippen molar-refractivity contribution < 1.29 is 9.59 Å². The highest BCUT2D eigenvalue weighted by atomic mass is 127. The standard InChI is InChI=1S/C19H21IN2O2/c1-4-22(19(24)16-6-5-7-17(20)12-16)13-14-8-10-15(11-9-14)18(23)21(2)3/h5-12H,4,13H2,1-3H3. The Morgan fingerprint density at radius 3 is 2.17 bits per heavy atom. The molecule has 0 fully saturated rings. The first-order valence-electron chi connectivity index (χ1n) is 7.77. The van der Waals surface area contributed by atoms with E-state index in [0.717, 1.165) is 9.13 Å². The predicted octanol–water partition coefficient (Wildman–Crippen LogP) is 3.66. The van der Waals surface area contributed by atoms with E-state index in [1.165, 1.54) is 0 Å². The summed E-state index contributed by atoms with van der Waals surface area (Å²) in [6.45, 7) is 3.12. The van der Waals surface area contributed by atoms with Crippen LogP contribution >= 0.6 is 22.6 Å². The van der Waals surface area contributed by atoms with Gasteiger partial charge >= 0.3 is 0 Å². The lowest BCUT2D eigenvalue weighted by atomic mass is 10.1. The van der Waals surface area contributed by atoms with Gasteiger partial charge in [-0.25, -0.2) is 0 Å². The molecule has 0 N–H and O–H groups in total. The van der Waals surface area contributed by atoms with E-state index in [0.29, 0.717) is 24.2 Å². The highest BCUT2D eigenvalue weighted by molar-refractivity contribution is 14.1. The Morgan fingerprint density at radius 1 is 0.958 bits per heavy atom. The molecule has 0 bridgehead atoms. The number of halogens is 1. The Hall–Kier alpha value is -1.89. The normalized spacial score (nSPS) is 10.3. The molecule has 0 saturated carbocycles. The first kappa shape index (κ1) is 18.4. The molecular weight excluding hydrogens is 415 g/mol. The zero-order valence-corrected chi connectivity index (χ0v) is 16.3. The quantitative estimate of drug-likeness (QED) is 0.672. The molecule has 5 heteroatoms. The predicted molar refractivity (Wildman–Crippen MR) is 104 cm³/mol. The fraction of sp³-hybridized carbons (Fsp3) is 0.263. The maximum Gasteiger partial charge on any atom is 0.254 e. The average Bonchev–Trinajstić information content (AvgIpc) is 2.59. The Kier molecular flexibility index (Phi) is 6.36. The molecule has 0 atom stereocenters. The van der Waals surface area contributed by atoms with Crippen LogP contribution in [0.1, 0.15) is 33.2 Å². The van der Waals surface area contributed by atoms with E-state index in [9.17, 15) is 9.59 Å². The summed E-state index contributed by atoms with van der Waals surface area (Å²) in [6, 6.07) is 15.0. The summed E-state index contributed by atoms with van der Waals surface area (Å²) in [5, 5.41) is 0. The van der Waals surface area contributed by atoms with E-state index >= 15 is 0 Å².